The average Bonchev–Trinajstić information content (AvgIpc) is 2.61. The summed E-state index contributed by atoms with van der Waals surface area (Å²) < 4.78 is 18.8. The molecule has 1 heterocycles. The molecular formula is C19H21FN3O2+. The summed E-state index contributed by atoms with van der Waals surface area (Å²) in [5, 5.41) is 0.577. The predicted octanol–water partition coefficient (Wildman–Crippen LogP) is 1.85. The molecule has 0 amide bonds. The molecule has 1 aromatic heterocycles. The van der Waals surface area contributed by atoms with Gasteiger partial charge in [-0.1, -0.05) is 12.1 Å². The fraction of sp³-hybridized carbons (Fsp3) is 0.263. The molecule has 1 unspecified atom stereocenters. The number of hydrogen-bond donors (Lipinski definition) is 2. The van der Waals surface area contributed by atoms with Gasteiger partial charge in [0.15, 0.2) is 17.4 Å². The lowest BCUT2D eigenvalue weighted by Gasteiger charge is -2.21. The lowest BCUT2D eigenvalue weighted by Crippen LogP contribution is -3.07. The molecule has 0 bridgehead atoms. The summed E-state index contributed by atoms with van der Waals surface area (Å²) in [4.78, 5) is 20.8. The van der Waals surface area contributed by atoms with E-state index in [9.17, 15) is 9.18 Å². The lowest BCUT2D eigenvalue weighted by molar-refractivity contribution is -0.924. The number of halogens is 1. The lowest BCUT2D eigenvalue weighted by atomic mass is 10.1. The van der Waals surface area contributed by atoms with Crippen molar-refractivity contribution in [1.82, 2.24) is 9.97 Å². The van der Waals surface area contributed by atoms with Gasteiger partial charge in [-0.25, -0.2) is 9.37 Å². The number of ether oxygens (including phenoxy) is 1. The smallest absolute Gasteiger partial charge is 0.258 e. The second-order valence-corrected chi connectivity index (χ2v) is 6.18. The summed E-state index contributed by atoms with van der Waals surface area (Å²) in [6, 6.07) is 12.2. The van der Waals surface area contributed by atoms with Gasteiger partial charge in [0.2, 0.25) is 0 Å². The number of hydrogen-bond acceptors (Lipinski definition) is 3. The third-order valence-corrected chi connectivity index (χ3v) is 4.48. The standard InChI is InChI=1S/C19H20FN3O2/c1-12(18-21-16-7-5-4-6-14(16)19(24)22-18)23(2)11-13-8-9-17(25-3)15(20)10-13/h4-10,12H,11H2,1-3H3,(H,21,22,24)/p+1/t12-/m1/s1. The maximum absolute atomic E-state index is 13.9. The molecule has 130 valence electrons. The third-order valence-electron chi connectivity index (χ3n) is 4.48. The van der Waals surface area contributed by atoms with Crippen LogP contribution in [-0.4, -0.2) is 24.1 Å². The molecule has 25 heavy (non-hydrogen) atoms. The van der Waals surface area contributed by atoms with E-state index in [2.05, 4.69) is 9.97 Å². The van der Waals surface area contributed by atoms with Crippen LogP contribution in [0.1, 0.15) is 24.4 Å². The van der Waals surface area contributed by atoms with E-state index < -0.39 is 0 Å². The molecule has 6 heteroatoms. The van der Waals surface area contributed by atoms with Crippen molar-refractivity contribution in [3.05, 3.63) is 70.0 Å². The van der Waals surface area contributed by atoms with Crippen LogP contribution in [0.5, 0.6) is 5.75 Å². The van der Waals surface area contributed by atoms with Crippen LogP contribution in [0.15, 0.2) is 47.3 Å². The first-order valence-electron chi connectivity index (χ1n) is 8.13. The first-order chi connectivity index (χ1) is 12.0. The molecule has 0 radical (unpaired) electrons. The monoisotopic (exact) mass is 342 g/mol. The van der Waals surface area contributed by atoms with Gasteiger partial charge in [0.1, 0.15) is 12.6 Å². The van der Waals surface area contributed by atoms with Crippen molar-refractivity contribution < 1.29 is 14.0 Å². The highest BCUT2D eigenvalue weighted by molar-refractivity contribution is 5.77. The van der Waals surface area contributed by atoms with Gasteiger partial charge in [-0.2, -0.15) is 0 Å². The summed E-state index contributed by atoms with van der Waals surface area (Å²) in [6.07, 6.45) is 0. The van der Waals surface area contributed by atoms with Gasteiger partial charge in [-0.05, 0) is 37.3 Å². The molecule has 2 aromatic carbocycles. The number of fused-ring (bicyclic) bond motifs is 1. The zero-order valence-corrected chi connectivity index (χ0v) is 14.5. The number of nitrogens with one attached hydrogen (secondary N) is 2. The van der Waals surface area contributed by atoms with Crippen molar-refractivity contribution in [2.24, 2.45) is 0 Å². The van der Waals surface area contributed by atoms with Crippen LogP contribution >= 0.6 is 0 Å². The summed E-state index contributed by atoms with van der Waals surface area (Å²) in [7, 11) is 3.43. The van der Waals surface area contributed by atoms with Crippen molar-refractivity contribution in [2.45, 2.75) is 19.5 Å². The summed E-state index contributed by atoms with van der Waals surface area (Å²) >= 11 is 0. The maximum atomic E-state index is 13.9. The van der Waals surface area contributed by atoms with Crippen LogP contribution in [0.2, 0.25) is 0 Å². The first-order valence-corrected chi connectivity index (χ1v) is 8.13. The molecule has 2 N–H and O–H groups in total. The number of benzene rings is 2. The Morgan fingerprint density at radius 1 is 1.28 bits per heavy atom. The van der Waals surface area contributed by atoms with E-state index in [1.54, 1.807) is 12.1 Å². The average molecular weight is 342 g/mol. The van der Waals surface area contributed by atoms with Gasteiger partial charge in [-0.3, -0.25) is 4.79 Å². The number of nitrogens with zero attached hydrogens (tertiary/aromatic N) is 1. The van der Waals surface area contributed by atoms with Gasteiger partial charge in [-0.15, -0.1) is 0 Å². The zero-order valence-electron chi connectivity index (χ0n) is 14.5. The molecule has 0 aliphatic carbocycles. The Balaban J connectivity index is 1.84. The molecular weight excluding hydrogens is 321 g/mol. The Kier molecular flexibility index (Phi) is 4.81. The van der Waals surface area contributed by atoms with E-state index in [0.717, 1.165) is 10.5 Å². The number of aromatic amines is 1. The van der Waals surface area contributed by atoms with Gasteiger partial charge in [0.25, 0.3) is 5.56 Å². The highest BCUT2D eigenvalue weighted by atomic mass is 19.1. The topological polar surface area (TPSA) is 59.4 Å². The number of methoxy groups -OCH3 is 1. The van der Waals surface area contributed by atoms with Gasteiger partial charge in [0, 0.05) is 5.56 Å². The first kappa shape index (κ1) is 17.1. The van der Waals surface area contributed by atoms with Gasteiger partial charge >= 0.3 is 0 Å². The molecule has 0 saturated heterocycles. The second kappa shape index (κ2) is 7.03. The molecule has 0 spiro atoms. The Labute approximate surface area is 145 Å². The van der Waals surface area contributed by atoms with E-state index in [1.165, 1.54) is 13.2 Å². The van der Waals surface area contributed by atoms with Crippen LogP contribution in [-0.2, 0) is 6.54 Å². The van der Waals surface area contributed by atoms with Crippen LogP contribution in [0.4, 0.5) is 4.39 Å². The van der Waals surface area contributed by atoms with Gasteiger partial charge < -0.3 is 14.6 Å². The molecule has 0 saturated carbocycles. The SMILES string of the molecule is COc1ccc(C[NH+](C)[C@H](C)c2nc3ccccc3c(=O)[nH]2)cc1F. The highest BCUT2D eigenvalue weighted by Crippen LogP contribution is 2.17. The molecule has 2 atom stereocenters. The summed E-state index contributed by atoms with van der Waals surface area (Å²) in [5.41, 5.74) is 1.39. The Bertz CT molecular complexity index is 955. The molecule has 0 aliphatic rings. The van der Waals surface area contributed by atoms with Crippen LogP contribution in [0.25, 0.3) is 10.9 Å². The largest absolute Gasteiger partial charge is 0.494 e. The van der Waals surface area contributed by atoms with E-state index in [-0.39, 0.29) is 23.2 Å². The van der Waals surface area contributed by atoms with Crippen molar-refractivity contribution in [2.75, 3.05) is 14.2 Å². The van der Waals surface area contributed by atoms with Crippen molar-refractivity contribution >= 4 is 10.9 Å². The number of rotatable bonds is 5. The van der Waals surface area contributed by atoms with E-state index in [0.29, 0.717) is 23.3 Å². The van der Waals surface area contributed by atoms with E-state index >= 15 is 0 Å². The van der Waals surface area contributed by atoms with Crippen LogP contribution in [0, 0.1) is 5.82 Å². The van der Waals surface area contributed by atoms with Gasteiger partial charge in [0.05, 0.1) is 25.1 Å². The Morgan fingerprint density at radius 2 is 2.04 bits per heavy atom. The third kappa shape index (κ3) is 3.53. The Hall–Kier alpha value is -2.73. The quantitative estimate of drug-likeness (QED) is 0.744. The summed E-state index contributed by atoms with van der Waals surface area (Å²) in [6.45, 7) is 2.58. The van der Waals surface area contributed by atoms with Crippen LogP contribution in [0.3, 0.4) is 0 Å². The molecule has 3 rings (SSSR count). The number of quaternary nitrogens is 1. The van der Waals surface area contributed by atoms with Crippen molar-refractivity contribution in [1.29, 1.82) is 0 Å². The fourth-order valence-corrected chi connectivity index (χ4v) is 2.84. The maximum Gasteiger partial charge on any atom is 0.258 e. The molecule has 0 fully saturated rings. The highest BCUT2D eigenvalue weighted by Gasteiger charge is 2.20. The predicted molar refractivity (Wildman–Crippen MR) is 94.3 cm³/mol. The molecule has 0 aliphatic heterocycles. The molecule has 5 nitrogen and oxygen atoms in total. The minimum atomic E-state index is -0.377. The van der Waals surface area contributed by atoms with Crippen molar-refractivity contribution in [3.8, 4) is 5.75 Å². The van der Waals surface area contributed by atoms with E-state index in [1.807, 2.05) is 38.2 Å². The second-order valence-electron chi connectivity index (χ2n) is 6.18. The normalized spacial score (nSPS) is 13.6. The van der Waals surface area contributed by atoms with Crippen molar-refractivity contribution in [3.63, 3.8) is 0 Å². The fourth-order valence-electron chi connectivity index (χ4n) is 2.84. The number of H-pyrrole nitrogens is 1. The number of para-hydroxylation sites is 1. The zero-order chi connectivity index (χ0) is 18.0. The Morgan fingerprint density at radius 3 is 2.76 bits per heavy atom. The molecule has 3 aromatic rings. The minimum absolute atomic E-state index is 0.0533. The number of aromatic nitrogens is 2. The van der Waals surface area contributed by atoms with Crippen LogP contribution < -0.4 is 15.2 Å². The van der Waals surface area contributed by atoms with E-state index in [4.69, 9.17) is 4.74 Å². The minimum Gasteiger partial charge on any atom is -0.494 e. The summed E-state index contributed by atoms with van der Waals surface area (Å²) in [5.74, 6) is 0.475.